The number of aromatic nitrogens is 2. The number of hydrogen-bond acceptors (Lipinski definition) is 7. The SMILES string of the molecule is COCCN(Cc1nc(C(=O)N(CCC#N)Cc2cccnc2)cs1)C(=O)Nc1ccc(C(C)C)cc1. The average Bonchev–Trinajstić information content (AvgIpc) is 3.38. The molecule has 10 heteroatoms. The molecule has 3 aromatic rings. The molecular weight excluding hydrogens is 488 g/mol. The van der Waals surface area contributed by atoms with Crippen molar-refractivity contribution in [2.24, 2.45) is 0 Å². The van der Waals surface area contributed by atoms with Crippen LogP contribution in [0, 0.1) is 11.3 Å². The quantitative estimate of drug-likeness (QED) is 0.364. The van der Waals surface area contributed by atoms with E-state index in [2.05, 4.69) is 35.2 Å². The van der Waals surface area contributed by atoms with Gasteiger partial charge in [-0.3, -0.25) is 9.78 Å². The van der Waals surface area contributed by atoms with Crippen molar-refractivity contribution in [2.45, 2.75) is 39.3 Å². The molecule has 0 saturated carbocycles. The van der Waals surface area contributed by atoms with Crippen molar-refractivity contribution in [3.8, 4) is 6.07 Å². The molecule has 0 saturated heterocycles. The van der Waals surface area contributed by atoms with Gasteiger partial charge in [0.1, 0.15) is 10.7 Å². The second kappa shape index (κ2) is 14.1. The van der Waals surface area contributed by atoms with Crippen LogP contribution < -0.4 is 5.32 Å². The van der Waals surface area contributed by atoms with Gasteiger partial charge < -0.3 is 19.9 Å². The summed E-state index contributed by atoms with van der Waals surface area (Å²) in [6.07, 6.45) is 3.58. The Labute approximate surface area is 221 Å². The van der Waals surface area contributed by atoms with E-state index in [1.807, 2.05) is 36.4 Å². The molecule has 37 heavy (non-hydrogen) atoms. The van der Waals surface area contributed by atoms with Crippen molar-refractivity contribution in [3.05, 3.63) is 76.0 Å². The molecule has 2 heterocycles. The lowest BCUT2D eigenvalue weighted by Gasteiger charge is -2.22. The summed E-state index contributed by atoms with van der Waals surface area (Å²) in [4.78, 5) is 38.1. The fourth-order valence-corrected chi connectivity index (χ4v) is 4.35. The number of nitrogens with zero attached hydrogens (tertiary/aromatic N) is 5. The van der Waals surface area contributed by atoms with E-state index >= 15 is 0 Å². The van der Waals surface area contributed by atoms with Gasteiger partial charge in [-0.15, -0.1) is 11.3 Å². The van der Waals surface area contributed by atoms with Gasteiger partial charge in [-0.25, -0.2) is 9.78 Å². The molecular formula is C27H32N6O3S. The fraction of sp³-hybridized carbons (Fsp3) is 0.370. The number of urea groups is 1. The molecule has 3 amide bonds. The van der Waals surface area contributed by atoms with Gasteiger partial charge in [-0.2, -0.15) is 5.26 Å². The maximum absolute atomic E-state index is 13.2. The molecule has 0 spiro atoms. The van der Waals surface area contributed by atoms with Crippen LogP contribution in [0.4, 0.5) is 10.5 Å². The third-order valence-electron chi connectivity index (χ3n) is 5.66. The highest BCUT2D eigenvalue weighted by molar-refractivity contribution is 7.09. The average molecular weight is 521 g/mol. The van der Waals surface area contributed by atoms with Gasteiger partial charge in [0.2, 0.25) is 0 Å². The first kappa shape index (κ1) is 27.8. The highest BCUT2D eigenvalue weighted by atomic mass is 32.1. The molecule has 0 atom stereocenters. The minimum absolute atomic E-state index is 0.214. The summed E-state index contributed by atoms with van der Waals surface area (Å²) in [6.45, 7) is 5.82. The minimum atomic E-state index is -0.273. The van der Waals surface area contributed by atoms with Gasteiger partial charge in [0, 0.05) is 50.2 Å². The van der Waals surface area contributed by atoms with Gasteiger partial charge in [-0.05, 0) is 35.2 Å². The largest absolute Gasteiger partial charge is 0.383 e. The number of hydrogen-bond donors (Lipinski definition) is 1. The summed E-state index contributed by atoms with van der Waals surface area (Å²) < 4.78 is 5.19. The molecule has 0 radical (unpaired) electrons. The van der Waals surface area contributed by atoms with E-state index in [0.29, 0.717) is 42.0 Å². The molecule has 0 aliphatic heterocycles. The van der Waals surface area contributed by atoms with E-state index in [1.54, 1.807) is 34.7 Å². The summed E-state index contributed by atoms with van der Waals surface area (Å²) in [7, 11) is 1.58. The van der Waals surface area contributed by atoms with Crippen LogP contribution in [0.3, 0.4) is 0 Å². The number of thiazole rings is 1. The van der Waals surface area contributed by atoms with Crippen molar-refractivity contribution < 1.29 is 14.3 Å². The van der Waals surface area contributed by atoms with Crippen LogP contribution in [-0.2, 0) is 17.8 Å². The van der Waals surface area contributed by atoms with E-state index in [-0.39, 0.29) is 31.4 Å². The number of anilines is 1. The van der Waals surface area contributed by atoms with Crippen molar-refractivity contribution in [2.75, 3.05) is 32.1 Å². The van der Waals surface area contributed by atoms with Crippen LogP contribution in [0.1, 0.15) is 52.8 Å². The Bertz CT molecular complexity index is 1190. The van der Waals surface area contributed by atoms with Crippen LogP contribution in [-0.4, -0.2) is 58.5 Å². The Morgan fingerprint density at radius 3 is 2.57 bits per heavy atom. The zero-order valence-electron chi connectivity index (χ0n) is 21.4. The predicted molar refractivity (Wildman–Crippen MR) is 143 cm³/mol. The Morgan fingerprint density at radius 2 is 1.92 bits per heavy atom. The standard InChI is InChI=1S/C27H32N6O3S/c1-20(2)22-7-9-23(10-8-22)30-27(35)33(14-15-36-3)18-25-31-24(19-37-25)26(34)32(13-5-11-28)17-21-6-4-12-29-16-21/h4,6-10,12,16,19-20H,5,13-15,17-18H2,1-3H3,(H,30,35). The molecule has 194 valence electrons. The second-order valence-electron chi connectivity index (χ2n) is 8.74. The van der Waals surface area contributed by atoms with E-state index in [9.17, 15) is 9.59 Å². The smallest absolute Gasteiger partial charge is 0.322 e. The maximum Gasteiger partial charge on any atom is 0.322 e. The lowest BCUT2D eigenvalue weighted by molar-refractivity contribution is 0.0741. The van der Waals surface area contributed by atoms with Gasteiger partial charge in [0.05, 0.1) is 25.6 Å². The number of pyridine rings is 1. The molecule has 9 nitrogen and oxygen atoms in total. The molecule has 2 aromatic heterocycles. The molecule has 0 aliphatic rings. The van der Waals surface area contributed by atoms with Crippen LogP contribution in [0.25, 0.3) is 0 Å². The highest BCUT2D eigenvalue weighted by Gasteiger charge is 2.21. The Hall–Kier alpha value is -3.81. The Balaban J connectivity index is 1.69. The zero-order valence-corrected chi connectivity index (χ0v) is 22.2. The number of methoxy groups -OCH3 is 1. The molecule has 0 bridgehead atoms. The monoisotopic (exact) mass is 520 g/mol. The second-order valence-corrected chi connectivity index (χ2v) is 9.69. The number of nitrogens with one attached hydrogen (secondary N) is 1. The summed E-state index contributed by atoms with van der Waals surface area (Å²) in [6, 6.07) is 13.3. The first-order chi connectivity index (χ1) is 17.9. The molecule has 0 unspecified atom stereocenters. The lowest BCUT2D eigenvalue weighted by atomic mass is 10.0. The van der Waals surface area contributed by atoms with Crippen molar-refractivity contribution >= 4 is 29.0 Å². The van der Waals surface area contributed by atoms with Crippen molar-refractivity contribution in [3.63, 3.8) is 0 Å². The van der Waals surface area contributed by atoms with Crippen LogP contribution in [0.5, 0.6) is 0 Å². The number of carbonyl (C=O) groups is 2. The van der Waals surface area contributed by atoms with Crippen molar-refractivity contribution in [1.82, 2.24) is 19.8 Å². The maximum atomic E-state index is 13.2. The molecule has 0 fully saturated rings. The van der Waals surface area contributed by atoms with Gasteiger partial charge in [0.15, 0.2) is 0 Å². The highest BCUT2D eigenvalue weighted by Crippen LogP contribution is 2.19. The van der Waals surface area contributed by atoms with Crippen LogP contribution in [0.15, 0.2) is 54.2 Å². The Morgan fingerprint density at radius 1 is 1.14 bits per heavy atom. The fourth-order valence-electron chi connectivity index (χ4n) is 3.56. The van der Waals surface area contributed by atoms with Gasteiger partial charge in [-0.1, -0.05) is 32.0 Å². The third-order valence-corrected chi connectivity index (χ3v) is 6.49. The van der Waals surface area contributed by atoms with E-state index in [0.717, 1.165) is 5.56 Å². The molecule has 0 aliphatic carbocycles. The van der Waals surface area contributed by atoms with E-state index < -0.39 is 0 Å². The number of carbonyl (C=O) groups excluding carboxylic acids is 2. The van der Waals surface area contributed by atoms with Gasteiger partial charge in [0.25, 0.3) is 5.91 Å². The van der Waals surface area contributed by atoms with E-state index in [1.165, 1.54) is 16.9 Å². The predicted octanol–water partition coefficient (Wildman–Crippen LogP) is 4.90. The lowest BCUT2D eigenvalue weighted by Crippen LogP contribution is -2.37. The van der Waals surface area contributed by atoms with Gasteiger partial charge >= 0.3 is 6.03 Å². The number of ether oxygens (including phenoxy) is 1. The van der Waals surface area contributed by atoms with E-state index in [4.69, 9.17) is 10.00 Å². The first-order valence-electron chi connectivity index (χ1n) is 12.1. The third kappa shape index (κ3) is 8.37. The summed E-state index contributed by atoms with van der Waals surface area (Å²) in [5.41, 5.74) is 3.06. The topological polar surface area (TPSA) is 111 Å². The minimum Gasteiger partial charge on any atom is -0.383 e. The number of nitriles is 1. The zero-order chi connectivity index (χ0) is 26.6. The molecule has 3 rings (SSSR count). The summed E-state index contributed by atoms with van der Waals surface area (Å²) in [5.74, 6) is 0.143. The molecule has 1 N–H and O–H groups in total. The van der Waals surface area contributed by atoms with Crippen molar-refractivity contribution in [1.29, 1.82) is 5.26 Å². The summed E-state index contributed by atoms with van der Waals surface area (Å²) in [5, 5.41) is 14.3. The Kier molecular flexibility index (Phi) is 10.6. The number of benzene rings is 1. The van der Waals surface area contributed by atoms with Crippen LogP contribution >= 0.6 is 11.3 Å². The first-order valence-corrected chi connectivity index (χ1v) is 12.9. The molecule has 1 aromatic carbocycles. The van der Waals surface area contributed by atoms with Crippen LogP contribution in [0.2, 0.25) is 0 Å². The number of rotatable bonds is 12. The summed E-state index contributed by atoms with van der Waals surface area (Å²) >= 11 is 1.32. The number of amides is 3. The normalized spacial score (nSPS) is 10.7.